The molecule has 1 amide bonds. The second-order valence-corrected chi connectivity index (χ2v) is 7.37. The van der Waals surface area contributed by atoms with Crippen LogP contribution in [0.15, 0.2) is 37.1 Å². The predicted octanol–water partition coefficient (Wildman–Crippen LogP) is 3.23. The van der Waals surface area contributed by atoms with E-state index in [0.717, 1.165) is 31.6 Å². The largest absolute Gasteiger partial charge is 0.367 e. The van der Waals surface area contributed by atoms with Gasteiger partial charge in [-0.3, -0.25) is 4.79 Å². The zero-order valence-corrected chi connectivity index (χ0v) is 14.8. The maximum absolute atomic E-state index is 12.2. The summed E-state index contributed by atoms with van der Waals surface area (Å²) in [5, 5.41) is 7.16. The summed E-state index contributed by atoms with van der Waals surface area (Å²) in [4.78, 5) is 23.5. The number of nitrogens with zero attached hydrogens (tertiary/aromatic N) is 5. The van der Waals surface area contributed by atoms with Gasteiger partial charge >= 0.3 is 0 Å². The Hall–Kier alpha value is -2.45. The van der Waals surface area contributed by atoms with Crippen molar-refractivity contribution < 1.29 is 4.79 Å². The fourth-order valence-corrected chi connectivity index (χ4v) is 3.74. The first-order valence-electron chi connectivity index (χ1n) is 7.87. The van der Waals surface area contributed by atoms with Crippen molar-refractivity contribution >= 4 is 40.2 Å². The number of hydrogen-bond acceptors (Lipinski definition) is 6. The quantitative estimate of drug-likeness (QED) is 0.758. The number of thiophene rings is 1. The van der Waals surface area contributed by atoms with Gasteiger partial charge in [-0.1, -0.05) is 11.6 Å². The SMILES string of the molecule is O=C(Nc1cnn(-c2ncncc2N2CCCC2)c1)c1ccc(Cl)s1. The van der Waals surface area contributed by atoms with Crippen LogP contribution in [-0.4, -0.2) is 38.7 Å². The Morgan fingerprint density at radius 3 is 2.84 bits per heavy atom. The lowest BCUT2D eigenvalue weighted by Crippen LogP contribution is -2.20. The van der Waals surface area contributed by atoms with Gasteiger partial charge in [-0.05, 0) is 25.0 Å². The lowest BCUT2D eigenvalue weighted by atomic mass is 10.4. The Morgan fingerprint density at radius 2 is 2.08 bits per heavy atom. The molecule has 128 valence electrons. The molecule has 7 nitrogen and oxygen atoms in total. The molecule has 4 heterocycles. The number of hydrogen-bond donors (Lipinski definition) is 1. The molecule has 0 spiro atoms. The van der Waals surface area contributed by atoms with Gasteiger partial charge in [-0.15, -0.1) is 11.3 Å². The van der Waals surface area contributed by atoms with Crippen LogP contribution in [0.5, 0.6) is 0 Å². The third-order valence-corrected chi connectivity index (χ3v) is 5.20. The number of anilines is 2. The molecule has 0 atom stereocenters. The van der Waals surface area contributed by atoms with Crippen LogP contribution < -0.4 is 10.2 Å². The van der Waals surface area contributed by atoms with Gasteiger partial charge in [0.15, 0.2) is 5.82 Å². The second-order valence-electron chi connectivity index (χ2n) is 5.66. The van der Waals surface area contributed by atoms with E-state index in [9.17, 15) is 4.79 Å². The molecule has 0 aromatic carbocycles. The number of aromatic nitrogens is 4. The highest BCUT2D eigenvalue weighted by atomic mass is 35.5. The van der Waals surface area contributed by atoms with Gasteiger partial charge < -0.3 is 10.2 Å². The van der Waals surface area contributed by atoms with Crippen LogP contribution in [0.2, 0.25) is 4.34 Å². The molecule has 1 fully saturated rings. The molecular formula is C16H15ClN6OS. The van der Waals surface area contributed by atoms with Gasteiger partial charge in [-0.25, -0.2) is 14.6 Å². The predicted molar refractivity (Wildman–Crippen MR) is 97.9 cm³/mol. The minimum Gasteiger partial charge on any atom is -0.367 e. The summed E-state index contributed by atoms with van der Waals surface area (Å²) < 4.78 is 2.24. The van der Waals surface area contributed by atoms with E-state index < -0.39 is 0 Å². The zero-order valence-electron chi connectivity index (χ0n) is 13.2. The van der Waals surface area contributed by atoms with Crippen molar-refractivity contribution in [1.29, 1.82) is 0 Å². The summed E-state index contributed by atoms with van der Waals surface area (Å²) in [5.41, 5.74) is 1.55. The first-order chi connectivity index (χ1) is 12.2. The standard InChI is InChI=1S/C16H15ClN6OS/c17-14-4-3-13(25-14)16(24)21-11-7-20-23(9-11)15-12(8-18-10-19-15)22-5-1-2-6-22/h3-4,7-10H,1-2,5-6H2,(H,21,24). The van der Waals surface area contributed by atoms with Crippen LogP contribution in [-0.2, 0) is 0 Å². The van der Waals surface area contributed by atoms with Crippen molar-refractivity contribution in [3.8, 4) is 5.82 Å². The molecule has 0 saturated carbocycles. The van der Waals surface area contributed by atoms with Crippen LogP contribution in [0.1, 0.15) is 22.5 Å². The van der Waals surface area contributed by atoms with Crippen molar-refractivity contribution in [3.05, 3.63) is 46.3 Å². The molecule has 1 aliphatic rings. The topological polar surface area (TPSA) is 75.9 Å². The molecule has 1 aliphatic heterocycles. The van der Waals surface area contributed by atoms with E-state index in [1.807, 2.05) is 0 Å². The fourth-order valence-electron chi connectivity index (χ4n) is 2.81. The van der Waals surface area contributed by atoms with Crippen LogP contribution >= 0.6 is 22.9 Å². The molecular weight excluding hydrogens is 360 g/mol. The first-order valence-corrected chi connectivity index (χ1v) is 9.07. The Kier molecular flexibility index (Phi) is 4.37. The molecule has 4 rings (SSSR count). The van der Waals surface area contributed by atoms with Crippen LogP contribution in [0, 0.1) is 0 Å². The summed E-state index contributed by atoms with van der Waals surface area (Å²) in [6, 6.07) is 3.40. The van der Waals surface area contributed by atoms with Crippen molar-refractivity contribution in [3.63, 3.8) is 0 Å². The maximum Gasteiger partial charge on any atom is 0.265 e. The molecule has 0 unspecified atom stereocenters. The van der Waals surface area contributed by atoms with Gasteiger partial charge in [0.1, 0.15) is 12.0 Å². The van der Waals surface area contributed by atoms with Gasteiger partial charge in [0.25, 0.3) is 5.91 Å². The molecule has 1 N–H and O–H groups in total. The van der Waals surface area contributed by atoms with Crippen molar-refractivity contribution in [2.45, 2.75) is 12.8 Å². The van der Waals surface area contributed by atoms with E-state index in [-0.39, 0.29) is 5.91 Å². The Bertz CT molecular complexity index is 901. The molecule has 9 heteroatoms. The third-order valence-electron chi connectivity index (χ3n) is 3.97. The molecule has 0 bridgehead atoms. The van der Waals surface area contributed by atoms with E-state index in [1.54, 1.807) is 35.4 Å². The van der Waals surface area contributed by atoms with E-state index in [4.69, 9.17) is 11.6 Å². The van der Waals surface area contributed by atoms with Crippen LogP contribution in [0.3, 0.4) is 0 Å². The Balaban J connectivity index is 1.56. The number of rotatable bonds is 4. The molecule has 0 radical (unpaired) electrons. The van der Waals surface area contributed by atoms with Crippen molar-refractivity contribution in [2.24, 2.45) is 0 Å². The Morgan fingerprint density at radius 1 is 1.24 bits per heavy atom. The summed E-state index contributed by atoms with van der Waals surface area (Å²) in [5.74, 6) is 0.496. The molecule has 25 heavy (non-hydrogen) atoms. The van der Waals surface area contributed by atoms with Crippen molar-refractivity contribution in [2.75, 3.05) is 23.3 Å². The van der Waals surface area contributed by atoms with E-state index in [0.29, 0.717) is 20.7 Å². The summed E-state index contributed by atoms with van der Waals surface area (Å²) >= 11 is 7.11. The van der Waals surface area contributed by atoms with Crippen LogP contribution in [0.4, 0.5) is 11.4 Å². The molecule has 0 aliphatic carbocycles. The molecule has 1 saturated heterocycles. The summed E-state index contributed by atoms with van der Waals surface area (Å²) in [6.45, 7) is 1.98. The average molecular weight is 375 g/mol. The number of amides is 1. The maximum atomic E-state index is 12.2. The highest BCUT2D eigenvalue weighted by molar-refractivity contribution is 7.18. The Labute approximate surface area is 153 Å². The van der Waals surface area contributed by atoms with Gasteiger partial charge in [0.2, 0.25) is 0 Å². The van der Waals surface area contributed by atoms with E-state index >= 15 is 0 Å². The first kappa shape index (κ1) is 16.0. The highest BCUT2D eigenvalue weighted by Gasteiger charge is 2.19. The van der Waals surface area contributed by atoms with E-state index in [2.05, 4.69) is 25.3 Å². The lowest BCUT2D eigenvalue weighted by Gasteiger charge is -2.19. The number of halogens is 1. The number of carbonyl (C=O) groups excluding carboxylic acids is 1. The van der Waals surface area contributed by atoms with Gasteiger partial charge in [-0.2, -0.15) is 5.10 Å². The normalized spacial score (nSPS) is 14.0. The van der Waals surface area contributed by atoms with Crippen LogP contribution in [0.25, 0.3) is 5.82 Å². The second kappa shape index (κ2) is 6.81. The number of carbonyl (C=O) groups is 1. The minimum atomic E-state index is -0.209. The zero-order chi connectivity index (χ0) is 17.2. The monoisotopic (exact) mass is 374 g/mol. The van der Waals surface area contributed by atoms with Gasteiger partial charge in [0.05, 0.1) is 33.5 Å². The van der Waals surface area contributed by atoms with E-state index in [1.165, 1.54) is 17.7 Å². The average Bonchev–Trinajstić information content (AvgIpc) is 3.36. The summed E-state index contributed by atoms with van der Waals surface area (Å²) in [7, 11) is 0. The smallest absolute Gasteiger partial charge is 0.265 e. The fraction of sp³-hybridized carbons (Fsp3) is 0.250. The van der Waals surface area contributed by atoms with Crippen molar-refractivity contribution in [1.82, 2.24) is 19.7 Å². The number of nitrogens with one attached hydrogen (secondary N) is 1. The summed E-state index contributed by atoms with van der Waals surface area (Å²) in [6.07, 6.45) is 8.98. The minimum absolute atomic E-state index is 0.209. The highest BCUT2D eigenvalue weighted by Crippen LogP contribution is 2.26. The molecule has 3 aromatic heterocycles. The lowest BCUT2D eigenvalue weighted by molar-refractivity contribution is 0.103. The van der Waals surface area contributed by atoms with Gasteiger partial charge in [0, 0.05) is 13.1 Å². The third kappa shape index (κ3) is 3.35. The molecule has 3 aromatic rings.